The quantitative estimate of drug-likeness (QED) is 0.825. The van der Waals surface area contributed by atoms with Crippen molar-refractivity contribution in [1.82, 2.24) is 4.90 Å². The molecule has 2 aromatic carbocycles. The van der Waals surface area contributed by atoms with Crippen LogP contribution in [0.1, 0.15) is 34.3 Å². The summed E-state index contributed by atoms with van der Waals surface area (Å²) in [6.45, 7) is 4.29. The third-order valence-electron chi connectivity index (χ3n) is 5.17. The highest BCUT2D eigenvalue weighted by Gasteiger charge is 2.26. The highest BCUT2D eigenvalue weighted by atomic mass is 35.5. The minimum atomic E-state index is -0.489. The van der Waals surface area contributed by atoms with Gasteiger partial charge in [0.2, 0.25) is 11.8 Å². The molecule has 0 atom stereocenters. The summed E-state index contributed by atoms with van der Waals surface area (Å²) in [5, 5.41) is 3.74. The number of hydrogen-bond acceptors (Lipinski definition) is 3. The summed E-state index contributed by atoms with van der Waals surface area (Å²) >= 11 is 6.24. The summed E-state index contributed by atoms with van der Waals surface area (Å²) in [4.78, 5) is 26.4. The molecular formula is C21H24ClN3O2. The number of hydrogen-bond donors (Lipinski definition) is 2. The molecule has 0 saturated carbocycles. The number of nitrogens with one attached hydrogen (secondary N) is 1. The van der Waals surface area contributed by atoms with Gasteiger partial charge in [0.05, 0.1) is 0 Å². The number of piperidine rings is 1. The van der Waals surface area contributed by atoms with Crippen LogP contribution in [0.3, 0.4) is 0 Å². The Bertz CT molecular complexity index is 845. The van der Waals surface area contributed by atoms with Crippen molar-refractivity contribution in [3.05, 3.63) is 64.2 Å². The van der Waals surface area contributed by atoms with Gasteiger partial charge in [0.1, 0.15) is 0 Å². The maximum atomic E-state index is 12.7. The van der Waals surface area contributed by atoms with Crippen LogP contribution in [0.4, 0.5) is 5.69 Å². The molecule has 3 rings (SSSR count). The second kappa shape index (κ2) is 8.55. The average Bonchev–Trinajstić information content (AvgIpc) is 2.65. The monoisotopic (exact) mass is 385 g/mol. The number of amides is 2. The Balaban J connectivity index is 1.57. The van der Waals surface area contributed by atoms with Gasteiger partial charge in [0.15, 0.2) is 0 Å². The predicted octanol–water partition coefficient (Wildman–Crippen LogP) is 3.60. The van der Waals surface area contributed by atoms with Crippen LogP contribution in [-0.2, 0) is 11.3 Å². The molecule has 27 heavy (non-hydrogen) atoms. The molecule has 0 aromatic heterocycles. The van der Waals surface area contributed by atoms with Gasteiger partial charge in [0, 0.05) is 28.7 Å². The van der Waals surface area contributed by atoms with Crippen LogP contribution in [0.5, 0.6) is 0 Å². The number of likely N-dealkylation sites (tertiary alicyclic amines) is 1. The number of nitrogens with two attached hydrogens (primary N) is 1. The van der Waals surface area contributed by atoms with Gasteiger partial charge in [-0.1, -0.05) is 35.9 Å². The number of benzene rings is 2. The van der Waals surface area contributed by atoms with Gasteiger partial charge < -0.3 is 11.1 Å². The first kappa shape index (κ1) is 19.4. The van der Waals surface area contributed by atoms with E-state index in [0.29, 0.717) is 16.8 Å². The fraction of sp³-hybridized carbons (Fsp3) is 0.333. The van der Waals surface area contributed by atoms with Crippen LogP contribution in [0.2, 0.25) is 5.02 Å². The van der Waals surface area contributed by atoms with Crippen molar-refractivity contribution in [2.45, 2.75) is 26.3 Å². The summed E-state index contributed by atoms with van der Waals surface area (Å²) < 4.78 is 0. The molecule has 1 heterocycles. The second-order valence-corrected chi connectivity index (χ2v) is 7.38. The standard InChI is InChI=1S/C21H24ClN3O2/c1-14-17(20(23)26)6-4-8-19(14)24-21(27)15-9-11-25(12-10-15)13-16-5-2-3-7-18(16)22/h2-8,15H,9-13H2,1H3,(H2,23,26)(H,24,27). The van der Waals surface area contributed by atoms with Gasteiger partial charge in [-0.05, 0) is 62.2 Å². The van der Waals surface area contributed by atoms with Crippen molar-refractivity contribution in [2.75, 3.05) is 18.4 Å². The van der Waals surface area contributed by atoms with Crippen molar-refractivity contribution >= 4 is 29.1 Å². The van der Waals surface area contributed by atoms with Crippen molar-refractivity contribution in [2.24, 2.45) is 11.7 Å². The normalized spacial score (nSPS) is 15.5. The van der Waals surface area contributed by atoms with Crippen LogP contribution in [0, 0.1) is 12.8 Å². The van der Waals surface area contributed by atoms with Crippen LogP contribution < -0.4 is 11.1 Å². The highest BCUT2D eigenvalue weighted by molar-refractivity contribution is 6.31. The first-order valence-corrected chi connectivity index (χ1v) is 9.49. The maximum Gasteiger partial charge on any atom is 0.249 e. The smallest absolute Gasteiger partial charge is 0.249 e. The summed E-state index contributed by atoms with van der Waals surface area (Å²) in [6, 6.07) is 13.1. The Hall–Kier alpha value is -2.37. The first-order valence-electron chi connectivity index (χ1n) is 9.11. The van der Waals surface area contributed by atoms with Crippen molar-refractivity contribution in [3.63, 3.8) is 0 Å². The van der Waals surface area contributed by atoms with E-state index in [-0.39, 0.29) is 11.8 Å². The van der Waals surface area contributed by atoms with Crippen LogP contribution in [-0.4, -0.2) is 29.8 Å². The Morgan fingerprint density at radius 2 is 1.85 bits per heavy atom. The molecule has 2 aromatic rings. The Labute approximate surface area is 164 Å². The minimum absolute atomic E-state index is 0.00267. The number of nitrogens with zero attached hydrogens (tertiary/aromatic N) is 1. The molecule has 6 heteroatoms. The zero-order chi connectivity index (χ0) is 19.4. The van der Waals surface area contributed by atoms with Crippen molar-refractivity contribution < 1.29 is 9.59 Å². The number of primary amides is 1. The predicted molar refractivity (Wildman–Crippen MR) is 108 cm³/mol. The van der Waals surface area contributed by atoms with E-state index in [4.69, 9.17) is 17.3 Å². The first-order chi connectivity index (χ1) is 13.0. The van der Waals surface area contributed by atoms with E-state index in [2.05, 4.69) is 10.2 Å². The largest absolute Gasteiger partial charge is 0.366 e. The van der Waals surface area contributed by atoms with Crippen molar-refractivity contribution in [1.29, 1.82) is 0 Å². The summed E-state index contributed by atoms with van der Waals surface area (Å²) in [7, 11) is 0. The fourth-order valence-electron chi connectivity index (χ4n) is 3.49. The molecule has 142 valence electrons. The minimum Gasteiger partial charge on any atom is -0.366 e. The van der Waals surface area contributed by atoms with Gasteiger partial charge in [0.25, 0.3) is 0 Å². The van der Waals surface area contributed by atoms with Gasteiger partial charge in [-0.25, -0.2) is 0 Å². The second-order valence-electron chi connectivity index (χ2n) is 6.97. The zero-order valence-electron chi connectivity index (χ0n) is 15.4. The summed E-state index contributed by atoms with van der Waals surface area (Å²) in [5.41, 5.74) is 8.28. The highest BCUT2D eigenvalue weighted by Crippen LogP contribution is 2.25. The Morgan fingerprint density at radius 1 is 1.15 bits per heavy atom. The lowest BCUT2D eigenvalue weighted by Crippen LogP contribution is -2.37. The molecule has 1 aliphatic heterocycles. The van der Waals surface area contributed by atoms with E-state index in [0.717, 1.165) is 43.1 Å². The SMILES string of the molecule is Cc1c(NC(=O)C2CCN(Cc3ccccc3Cl)CC2)cccc1C(N)=O. The van der Waals surface area contributed by atoms with E-state index in [9.17, 15) is 9.59 Å². The number of anilines is 1. The fourth-order valence-corrected chi connectivity index (χ4v) is 3.69. The third-order valence-corrected chi connectivity index (χ3v) is 5.54. The average molecular weight is 386 g/mol. The summed E-state index contributed by atoms with van der Waals surface area (Å²) in [6.07, 6.45) is 1.59. The van der Waals surface area contributed by atoms with E-state index >= 15 is 0 Å². The molecule has 0 bridgehead atoms. The number of carbonyl (C=O) groups is 2. The molecule has 2 amide bonds. The molecule has 0 radical (unpaired) electrons. The van der Waals surface area contributed by atoms with Gasteiger partial charge >= 0.3 is 0 Å². The molecule has 0 unspecified atom stereocenters. The third kappa shape index (κ3) is 4.67. The van der Waals surface area contributed by atoms with E-state index < -0.39 is 5.91 Å². The molecular weight excluding hydrogens is 362 g/mol. The topological polar surface area (TPSA) is 75.4 Å². The lowest BCUT2D eigenvalue weighted by molar-refractivity contribution is -0.121. The molecule has 1 fully saturated rings. The Kier molecular flexibility index (Phi) is 6.14. The van der Waals surface area contributed by atoms with Crippen molar-refractivity contribution in [3.8, 4) is 0 Å². The van der Waals surface area contributed by atoms with Gasteiger partial charge in [-0.15, -0.1) is 0 Å². The molecule has 1 aliphatic rings. The van der Waals surface area contributed by atoms with Crippen LogP contribution in [0.25, 0.3) is 0 Å². The Morgan fingerprint density at radius 3 is 2.52 bits per heavy atom. The molecule has 0 spiro atoms. The number of carbonyl (C=O) groups excluding carboxylic acids is 2. The van der Waals surface area contributed by atoms with Gasteiger partial charge in [-0.3, -0.25) is 14.5 Å². The molecule has 3 N–H and O–H groups in total. The van der Waals surface area contributed by atoms with Crippen LogP contribution in [0.15, 0.2) is 42.5 Å². The molecule has 0 aliphatic carbocycles. The van der Waals surface area contributed by atoms with E-state index in [1.165, 1.54) is 0 Å². The number of halogens is 1. The number of rotatable bonds is 5. The van der Waals surface area contributed by atoms with E-state index in [1.54, 1.807) is 25.1 Å². The maximum absolute atomic E-state index is 12.7. The molecule has 5 nitrogen and oxygen atoms in total. The molecule has 1 saturated heterocycles. The van der Waals surface area contributed by atoms with E-state index in [1.807, 2.05) is 24.3 Å². The zero-order valence-corrected chi connectivity index (χ0v) is 16.1. The summed E-state index contributed by atoms with van der Waals surface area (Å²) in [5.74, 6) is -0.530. The van der Waals surface area contributed by atoms with Crippen LogP contribution >= 0.6 is 11.6 Å². The van der Waals surface area contributed by atoms with Gasteiger partial charge in [-0.2, -0.15) is 0 Å². The lowest BCUT2D eigenvalue weighted by Gasteiger charge is -2.31. The lowest BCUT2D eigenvalue weighted by atomic mass is 9.95.